The molecule has 0 saturated heterocycles. The zero-order chi connectivity index (χ0) is 42.4. The Morgan fingerprint density at radius 1 is 0.194 bits per heavy atom. The Hall–Kier alpha value is 21.4. The van der Waals surface area contributed by atoms with Crippen LogP contribution in [0.4, 0.5) is 0 Å². The van der Waals surface area contributed by atoms with E-state index in [4.69, 9.17) is 0 Å². The van der Waals surface area contributed by atoms with Crippen LogP contribution in [0.1, 0.15) is 0 Å². The van der Waals surface area contributed by atoms with Crippen LogP contribution in [0.5, 0.6) is 0 Å². The summed E-state index contributed by atoms with van der Waals surface area (Å²) in [6.45, 7) is -10.6. The van der Waals surface area contributed by atoms with E-state index in [1.165, 1.54) is 0 Å². The predicted molar refractivity (Wildman–Crippen MR) is 120 cm³/mol. The fourth-order valence-electron chi connectivity index (χ4n) is 4.25. The molecule has 0 spiro atoms. The molecule has 0 aliphatic carbocycles. The van der Waals surface area contributed by atoms with Crippen LogP contribution in [0.15, 0.2) is 0 Å². The van der Waals surface area contributed by atoms with Gasteiger partial charge in [-0.25, -0.2) is 0 Å². The molecule has 0 aromatic rings. The van der Waals surface area contributed by atoms with E-state index in [0.717, 1.165) is 0 Å². The third kappa shape index (κ3) is 60.2. The third-order valence-electron chi connectivity index (χ3n) is 5.63. The Morgan fingerprint density at radius 3 is 0.375 bits per heavy atom. The second-order valence-corrected chi connectivity index (χ2v) is 27.4. The van der Waals surface area contributed by atoms with Crippen LogP contribution in [-0.2, 0) is 45.7 Å². The van der Waals surface area contributed by atoms with E-state index in [1.54, 1.807) is 0 Å². The fraction of sp³-hybridized carbons (Fsp3) is 1.00. The van der Waals surface area contributed by atoms with E-state index in [9.17, 15) is 144 Å². The molecule has 0 bridgehead atoms. The first kappa shape index (κ1) is 152. The van der Waals surface area contributed by atoms with Crippen molar-refractivity contribution in [3.05, 3.63) is 0 Å². The second kappa shape index (κ2) is 64.5. The molecule has 0 aliphatic heterocycles. The van der Waals surface area contributed by atoms with E-state index in [-0.39, 0.29) is 591 Å². The van der Waals surface area contributed by atoms with Crippen molar-refractivity contribution in [2.24, 2.45) is 0 Å². The zero-order valence-electron chi connectivity index (χ0n) is 43.8. The molecule has 0 aliphatic rings. The number of nitrogens with zero attached hydrogens (tertiary/aromatic N) is 3. The van der Waals surface area contributed by atoms with Crippen molar-refractivity contribution in [3.63, 3.8) is 0 Å². The normalized spacial score (nSPS) is 11.4. The Labute approximate surface area is 856 Å². The van der Waals surface area contributed by atoms with Crippen molar-refractivity contribution in [2.45, 2.75) is 27.6 Å². The van der Waals surface area contributed by atoms with Gasteiger partial charge >= 0.3 is 591 Å². The SMILES string of the molecule is O=P([O-])([O-])C(N(CCN(C(P(=O)([O-])[O-])P(=O)([O-])[O-])C(P(=O)([O-])[O-])P(=O)([O-])[O-])CCN(C(P(=O)([O-])[O-])P(=O)([O-])[O-])C(P(=O)([O-])[O-])P(=O)([O-])[O-])P(=O)([O-])[O-].[Na+].[Na+].[Na+].[Na+].[Na+].[Na+].[Na+].[Na+].[Na+].[Na+].[Na+].[Na+].[Na+].[Na+].[Na+].[Na+].[Na+].[Na+].[Na+].[Na+]. The van der Waals surface area contributed by atoms with Gasteiger partial charge < -0.3 is 144 Å². The summed E-state index contributed by atoms with van der Waals surface area (Å²) < 4.78 is 117. The van der Waals surface area contributed by atoms with Gasteiger partial charge in [-0.2, -0.15) is 0 Å². The maximum absolute atomic E-state index is 11.8. The summed E-state index contributed by atoms with van der Waals surface area (Å²) in [5, 5.41) is 0. The molecule has 0 fully saturated rings. The van der Waals surface area contributed by atoms with Gasteiger partial charge in [-0.1, -0.05) is 0 Å². The summed E-state index contributed by atoms with van der Waals surface area (Å²) in [7, 11) is -74.5. The van der Waals surface area contributed by atoms with Crippen LogP contribution in [0.3, 0.4) is 0 Å². The third-order valence-corrected chi connectivity index (χ3v) is 22.8. The van der Waals surface area contributed by atoms with Gasteiger partial charge in [-0.3, -0.25) is 14.7 Å². The molecule has 72 heavy (non-hydrogen) atoms. The minimum atomic E-state index is -7.47. The number of hydrogen-bond donors (Lipinski definition) is 0. The first-order chi connectivity index (χ1) is 22.2. The Morgan fingerprint density at radius 2 is 0.292 bits per heavy atom. The van der Waals surface area contributed by atoms with Crippen molar-refractivity contribution in [3.8, 4) is 0 Å². The maximum atomic E-state index is 11.8. The minimum Gasteiger partial charge on any atom is -0.809 e. The molecular weight excluding hydrogens is 1400 g/mol. The first-order valence-electron chi connectivity index (χ1n) is 11.6. The van der Waals surface area contributed by atoms with Crippen LogP contribution in [0.25, 0.3) is 0 Å². The van der Waals surface area contributed by atoms with E-state index < -0.39 is 144 Å². The van der Waals surface area contributed by atoms with Gasteiger partial charge in [0.15, 0.2) is 0 Å². The molecule has 0 aromatic heterocycles. The van der Waals surface area contributed by atoms with Crippen LogP contribution in [-0.4, -0.2) is 68.5 Å². The average molecular weight is 1410 g/mol. The standard InChI is InChI=1S/C9H33N3O30P10.20Na/c13-43(14,15)5(44(16,17)18)10(1-3-11(6(45(19,20)21)46(22,23)24)7(47(25,26)27)48(28,29)30)2-4-12(8(49(31,32)33)50(34,35)36)9(51(37,38)39)52(40,41)42;;;;;;;;;;;;;;;;;;;;/h5-9H,1-4H2,(H2,13,14,15)(H2,16,17,18)(H2,19,20,21)(H2,22,23,24)(H2,25,26,27)(H2,28,29,30)(H2,31,32,33)(H2,34,35,36)(H2,37,38,39)(H2,40,41,42);;;;;;;;;;;;;;;;;;;;/q;20*+1/p-20. The van der Waals surface area contributed by atoms with Crippen molar-refractivity contribution in [1.29, 1.82) is 0 Å². The van der Waals surface area contributed by atoms with Gasteiger partial charge in [0.25, 0.3) is 0 Å². The number of hydrogen-bond acceptors (Lipinski definition) is 33. The summed E-state index contributed by atoms with van der Waals surface area (Å²) in [6.07, 6.45) is 0. The summed E-state index contributed by atoms with van der Waals surface area (Å²) in [5.74, 6) is 0. The van der Waals surface area contributed by atoms with E-state index in [1.807, 2.05) is 0 Å². The molecule has 0 aromatic carbocycles. The van der Waals surface area contributed by atoms with Crippen molar-refractivity contribution in [2.75, 3.05) is 26.2 Å². The summed E-state index contributed by atoms with van der Waals surface area (Å²) >= 11 is 0. The molecular formula is C9H13N3Na20O30P10. The van der Waals surface area contributed by atoms with Crippen LogP contribution in [0, 0.1) is 0 Å². The predicted octanol–water partition coefficient (Wildman–Crippen LogP) is -77.5. The van der Waals surface area contributed by atoms with Crippen molar-refractivity contribution in [1.82, 2.24) is 14.7 Å². The van der Waals surface area contributed by atoms with Gasteiger partial charge in [0.2, 0.25) is 0 Å². The molecule has 0 amide bonds. The van der Waals surface area contributed by atoms with E-state index in [2.05, 4.69) is 0 Å². The quantitative estimate of drug-likeness (QED) is 0.0760. The minimum absolute atomic E-state index is 0. The maximum Gasteiger partial charge on any atom is 1.00 e. The molecule has 314 valence electrons. The van der Waals surface area contributed by atoms with E-state index in [0.29, 0.717) is 0 Å². The molecule has 0 rings (SSSR count). The van der Waals surface area contributed by atoms with E-state index >= 15 is 0 Å². The van der Waals surface area contributed by atoms with Crippen LogP contribution >= 0.6 is 76.0 Å². The van der Waals surface area contributed by atoms with Crippen molar-refractivity contribution >= 4 is 76.0 Å². The topological polar surface area (TPSA) is 642 Å². The van der Waals surface area contributed by atoms with Crippen LogP contribution < -0.4 is 689 Å². The summed E-state index contributed by atoms with van der Waals surface area (Å²) in [6, 6.07) is 0. The fourth-order valence-corrected chi connectivity index (χ4v) is 18.2. The Bertz CT molecular complexity index is 1510. The Kier molecular flexibility index (Phi) is 136. The molecule has 33 nitrogen and oxygen atoms in total. The van der Waals surface area contributed by atoms with Gasteiger partial charge in [0.1, 0.15) is 0 Å². The first-order valence-corrected chi connectivity index (χ1v) is 27.7. The number of rotatable bonds is 21. The molecule has 63 heteroatoms. The largest absolute Gasteiger partial charge is 1.00 e. The monoisotopic (exact) mass is 1410 g/mol. The molecule has 0 saturated carbocycles. The Balaban J connectivity index is -0.0000000684. The molecule has 0 atom stereocenters. The molecule has 0 radical (unpaired) electrons. The average Bonchev–Trinajstić information content (AvgIpc) is 2.70. The van der Waals surface area contributed by atoms with Gasteiger partial charge in [-0.15, -0.1) is 0 Å². The van der Waals surface area contributed by atoms with Gasteiger partial charge in [0, 0.05) is 26.2 Å². The van der Waals surface area contributed by atoms with Crippen LogP contribution in [0.2, 0.25) is 0 Å². The molecule has 0 N–H and O–H groups in total. The summed E-state index contributed by atoms with van der Waals surface area (Å²) in [5.41, 5.74) is -23.6. The van der Waals surface area contributed by atoms with Gasteiger partial charge in [0.05, 0.1) is 27.6 Å². The zero-order valence-corrected chi connectivity index (χ0v) is 92.7. The van der Waals surface area contributed by atoms with Crippen molar-refractivity contribution < 1.29 is 735 Å². The second-order valence-electron chi connectivity index (χ2n) is 9.64. The smallest absolute Gasteiger partial charge is 0.809 e. The summed E-state index contributed by atoms with van der Waals surface area (Å²) in [4.78, 5) is 229. The molecule has 0 heterocycles. The molecule has 0 unspecified atom stereocenters. The van der Waals surface area contributed by atoms with Gasteiger partial charge in [-0.05, 0) is 76.0 Å².